The lowest BCUT2D eigenvalue weighted by Crippen LogP contribution is -2.19. The molecule has 0 aromatic heterocycles. The van der Waals surface area contributed by atoms with Crippen LogP contribution in [0.2, 0.25) is 0 Å². The quantitative estimate of drug-likeness (QED) is 0.643. The molecule has 1 aromatic carbocycles. The van der Waals surface area contributed by atoms with Crippen molar-refractivity contribution in [2.75, 3.05) is 0 Å². The highest BCUT2D eigenvalue weighted by atomic mass is 35.5. The monoisotopic (exact) mass is 240 g/mol. The van der Waals surface area contributed by atoms with Crippen molar-refractivity contribution in [1.82, 2.24) is 0 Å². The molecule has 72 valence electrons. The zero-order valence-corrected chi connectivity index (χ0v) is 8.69. The summed E-state index contributed by atoms with van der Waals surface area (Å²) in [7, 11) is -3.56. The third-order valence-electron chi connectivity index (χ3n) is 1.31. The molecule has 4 nitrogen and oxygen atoms in total. The van der Waals surface area contributed by atoms with Crippen LogP contribution in [-0.4, -0.2) is 8.42 Å². The number of nitrogens with zero attached hydrogens (tertiary/aromatic N) is 2. The Labute approximate surface area is 87.4 Å². The Morgan fingerprint density at radius 2 is 1.31 bits per heavy atom. The van der Waals surface area contributed by atoms with E-state index in [-0.39, 0.29) is 24.8 Å². The van der Waals surface area contributed by atoms with Gasteiger partial charge in [-0.3, -0.25) is 0 Å². The molecule has 7 heteroatoms. The summed E-state index contributed by atoms with van der Waals surface area (Å²) in [5.74, 6) is 0. The Morgan fingerprint density at radius 3 is 1.69 bits per heavy atom. The highest BCUT2D eigenvalue weighted by Crippen LogP contribution is 1.93. The maximum Gasteiger partial charge on any atom is 0.364 e. The molecule has 13 heavy (non-hydrogen) atoms. The summed E-state index contributed by atoms with van der Waals surface area (Å²) in [6.07, 6.45) is 0. The first-order valence-electron chi connectivity index (χ1n) is 2.97. The average molecular weight is 241 g/mol. The van der Waals surface area contributed by atoms with E-state index in [0.717, 1.165) is 0 Å². The summed E-state index contributed by atoms with van der Waals surface area (Å²) in [5.41, 5.74) is 0. The normalized spacial score (nSPS) is 15.4. The summed E-state index contributed by atoms with van der Waals surface area (Å²) in [4.78, 5) is 0. The summed E-state index contributed by atoms with van der Waals surface area (Å²) in [6.45, 7) is 0. The van der Waals surface area contributed by atoms with Crippen LogP contribution >= 0.6 is 24.8 Å². The van der Waals surface area contributed by atoms with E-state index >= 15 is 0 Å². The molecule has 0 aliphatic carbocycles. The van der Waals surface area contributed by atoms with Gasteiger partial charge < -0.3 is 0 Å². The van der Waals surface area contributed by atoms with Crippen molar-refractivity contribution in [3.8, 4) is 0 Å². The molecule has 2 rings (SSSR count). The van der Waals surface area contributed by atoms with E-state index in [9.17, 15) is 8.42 Å². The van der Waals surface area contributed by atoms with Crippen LogP contribution in [0.1, 0.15) is 0 Å². The molecule has 0 bridgehead atoms. The van der Waals surface area contributed by atoms with Crippen molar-refractivity contribution in [3.05, 3.63) is 35.0 Å². The van der Waals surface area contributed by atoms with E-state index in [1.54, 1.807) is 24.3 Å². The van der Waals surface area contributed by atoms with E-state index in [1.807, 2.05) is 0 Å². The lowest BCUT2D eigenvalue weighted by Gasteiger charge is -1.74. The second-order valence-corrected chi connectivity index (χ2v) is 3.38. The molecule has 0 radical (unpaired) electrons. The first-order chi connectivity index (χ1) is 5.17. The summed E-state index contributed by atoms with van der Waals surface area (Å²) in [6, 6.07) is 6.67. The molecule has 0 N–H and O–H groups in total. The number of hydrogen-bond acceptors (Lipinski definition) is 2. The second kappa shape index (κ2) is 4.04. The summed E-state index contributed by atoms with van der Waals surface area (Å²) in [5, 5.41) is 0.847. The summed E-state index contributed by atoms with van der Waals surface area (Å²) < 4.78 is 28.3. The van der Waals surface area contributed by atoms with Gasteiger partial charge in [0.2, 0.25) is 0 Å². The molecule has 0 spiro atoms. The van der Waals surface area contributed by atoms with Crippen LogP contribution in [0.5, 0.6) is 0 Å². The predicted molar refractivity (Wildman–Crippen MR) is 52.2 cm³/mol. The van der Waals surface area contributed by atoms with Gasteiger partial charge in [-0.05, 0) is 12.1 Å². The minimum Gasteiger partial charge on any atom is -0.179 e. The molecule has 0 saturated heterocycles. The first kappa shape index (κ1) is 12.3. The molecule has 0 saturated carbocycles. The van der Waals surface area contributed by atoms with Crippen LogP contribution in [0.25, 0.3) is 0 Å². The second-order valence-electron chi connectivity index (χ2n) is 2.12. The predicted octanol–water partition coefficient (Wildman–Crippen LogP) is 0.0278. The van der Waals surface area contributed by atoms with Crippen molar-refractivity contribution < 1.29 is 8.42 Å². The fourth-order valence-electron chi connectivity index (χ4n) is 0.888. The van der Waals surface area contributed by atoms with Crippen molar-refractivity contribution >= 4 is 35.0 Å². The molecule has 1 aromatic rings. The summed E-state index contributed by atoms with van der Waals surface area (Å²) >= 11 is 0. The van der Waals surface area contributed by atoms with Gasteiger partial charge >= 0.3 is 10.2 Å². The number of benzene rings is 1. The first-order valence-corrected chi connectivity index (χ1v) is 4.37. The van der Waals surface area contributed by atoms with Crippen molar-refractivity contribution in [2.24, 2.45) is 8.80 Å². The maximum absolute atomic E-state index is 10.8. The number of rotatable bonds is 0. The highest BCUT2D eigenvalue weighted by molar-refractivity contribution is 7.88. The van der Waals surface area contributed by atoms with Gasteiger partial charge in [0.05, 0.1) is 0 Å². The van der Waals surface area contributed by atoms with E-state index in [2.05, 4.69) is 8.80 Å². The van der Waals surface area contributed by atoms with Crippen LogP contribution in [0.4, 0.5) is 0 Å². The van der Waals surface area contributed by atoms with Gasteiger partial charge in [-0.25, -0.2) is 0 Å². The Bertz CT molecular complexity index is 471. The minimum absolute atomic E-state index is 0. The highest BCUT2D eigenvalue weighted by Gasteiger charge is 2.09. The molecule has 0 amide bonds. The molecular formula is C6H6Cl2N2O2S. The Kier molecular flexibility index (Phi) is 3.84. The van der Waals surface area contributed by atoms with Gasteiger partial charge in [0.15, 0.2) is 0 Å². The topological polar surface area (TPSA) is 58.9 Å². The lowest BCUT2D eigenvalue weighted by atomic mass is 10.3. The maximum atomic E-state index is 10.8. The van der Waals surface area contributed by atoms with Crippen molar-refractivity contribution in [2.45, 2.75) is 0 Å². The Balaban J connectivity index is 0.000000720. The Hall–Kier alpha value is -0.650. The van der Waals surface area contributed by atoms with Crippen molar-refractivity contribution in [3.63, 3.8) is 0 Å². The Morgan fingerprint density at radius 1 is 0.923 bits per heavy atom. The van der Waals surface area contributed by atoms with Gasteiger partial charge in [-0.1, -0.05) is 12.1 Å². The van der Waals surface area contributed by atoms with Crippen LogP contribution in [0, 0.1) is 0 Å². The molecule has 0 fully saturated rings. The molecule has 1 heterocycles. The van der Waals surface area contributed by atoms with Crippen LogP contribution in [-0.2, 0) is 10.2 Å². The van der Waals surface area contributed by atoms with Gasteiger partial charge in [-0.2, -0.15) is 8.42 Å². The van der Waals surface area contributed by atoms with E-state index in [4.69, 9.17) is 0 Å². The number of hydrogen-bond donors (Lipinski definition) is 0. The molecule has 0 unspecified atom stereocenters. The van der Waals surface area contributed by atoms with Gasteiger partial charge in [0.25, 0.3) is 0 Å². The SMILES string of the molecule is Cl.Cl.O=S1(=O)N=c2ccccc2=N1. The zero-order valence-electron chi connectivity index (χ0n) is 6.25. The third kappa shape index (κ3) is 2.40. The number of fused-ring (bicyclic) bond motifs is 1. The van der Waals surface area contributed by atoms with E-state index < -0.39 is 10.2 Å². The molecule has 1 aliphatic rings. The largest absolute Gasteiger partial charge is 0.364 e. The third-order valence-corrected chi connectivity index (χ3v) is 2.16. The standard InChI is InChI=1S/C6H4N2O2S.2ClH/c9-11(10)7-5-3-1-2-4-6(5)8-11;;/h1-4H;2*1H. The molecule has 1 aliphatic heterocycles. The fourth-order valence-corrected chi connectivity index (χ4v) is 1.73. The van der Waals surface area contributed by atoms with Crippen LogP contribution in [0.15, 0.2) is 33.1 Å². The average Bonchev–Trinajstić information content (AvgIpc) is 2.21. The number of halogens is 2. The van der Waals surface area contributed by atoms with Gasteiger partial charge in [0, 0.05) is 0 Å². The minimum atomic E-state index is -3.56. The zero-order chi connectivity index (χ0) is 7.90. The lowest BCUT2D eigenvalue weighted by molar-refractivity contribution is 0.599. The van der Waals surface area contributed by atoms with Gasteiger partial charge in [-0.15, -0.1) is 33.6 Å². The van der Waals surface area contributed by atoms with Gasteiger partial charge in [0.1, 0.15) is 10.7 Å². The van der Waals surface area contributed by atoms with Crippen LogP contribution < -0.4 is 10.7 Å². The fraction of sp³-hybridized carbons (Fsp3) is 0. The van der Waals surface area contributed by atoms with Crippen molar-refractivity contribution in [1.29, 1.82) is 0 Å². The smallest absolute Gasteiger partial charge is 0.179 e. The van der Waals surface area contributed by atoms with E-state index in [0.29, 0.717) is 10.7 Å². The molecular weight excluding hydrogens is 235 g/mol. The molecule has 0 atom stereocenters. The van der Waals surface area contributed by atoms with E-state index in [1.165, 1.54) is 0 Å². The van der Waals surface area contributed by atoms with Crippen LogP contribution in [0.3, 0.4) is 0 Å².